The summed E-state index contributed by atoms with van der Waals surface area (Å²) in [6.45, 7) is 5.59. The second kappa shape index (κ2) is 10.4. The van der Waals surface area contributed by atoms with Gasteiger partial charge in [-0.15, -0.1) is 0 Å². The SMILES string of the molecule is CCOC(=O)c1c(-c2ccc(O)c(C(=O)N3Cc4ccccc4C3)c2)c(C)n2c1-c1cc(OC)c(OC)cc1CC2. The van der Waals surface area contributed by atoms with Crippen LogP contribution in [0.3, 0.4) is 0 Å². The number of nitrogens with zero attached hydrogens (tertiary/aromatic N) is 2. The monoisotopic (exact) mass is 552 g/mol. The summed E-state index contributed by atoms with van der Waals surface area (Å²) in [7, 11) is 3.19. The molecule has 6 rings (SSSR count). The lowest BCUT2D eigenvalue weighted by Crippen LogP contribution is -2.25. The Labute approximate surface area is 238 Å². The Morgan fingerprint density at radius 2 is 1.61 bits per heavy atom. The second-order valence-corrected chi connectivity index (χ2v) is 10.3. The van der Waals surface area contributed by atoms with E-state index in [-0.39, 0.29) is 23.8 Å². The molecule has 0 spiro atoms. The fourth-order valence-corrected chi connectivity index (χ4v) is 6.14. The minimum Gasteiger partial charge on any atom is -0.507 e. The number of aromatic nitrogens is 1. The Kier molecular flexibility index (Phi) is 6.69. The number of phenols is 1. The second-order valence-electron chi connectivity index (χ2n) is 10.3. The number of amides is 1. The van der Waals surface area contributed by atoms with E-state index in [4.69, 9.17) is 14.2 Å². The Morgan fingerprint density at radius 3 is 2.27 bits per heavy atom. The van der Waals surface area contributed by atoms with E-state index in [1.807, 2.05) is 43.3 Å². The van der Waals surface area contributed by atoms with Gasteiger partial charge in [-0.1, -0.05) is 30.3 Å². The Bertz CT molecular complexity index is 1680. The molecule has 0 saturated heterocycles. The van der Waals surface area contributed by atoms with Crippen molar-refractivity contribution in [3.63, 3.8) is 0 Å². The molecule has 210 valence electrons. The molecule has 2 aliphatic heterocycles. The minimum absolute atomic E-state index is 0.101. The van der Waals surface area contributed by atoms with E-state index in [0.29, 0.717) is 47.8 Å². The van der Waals surface area contributed by atoms with Crippen LogP contribution in [0.15, 0.2) is 54.6 Å². The van der Waals surface area contributed by atoms with Gasteiger partial charge in [0, 0.05) is 36.5 Å². The van der Waals surface area contributed by atoms with Gasteiger partial charge in [-0.25, -0.2) is 4.79 Å². The lowest BCUT2D eigenvalue weighted by molar-refractivity contribution is 0.0528. The summed E-state index contributed by atoms with van der Waals surface area (Å²) in [5.74, 6) is 0.391. The number of benzene rings is 3. The summed E-state index contributed by atoms with van der Waals surface area (Å²) in [5, 5.41) is 10.8. The van der Waals surface area contributed by atoms with Crippen molar-refractivity contribution in [2.45, 2.75) is 39.9 Å². The molecule has 4 aromatic rings. The molecule has 0 fully saturated rings. The van der Waals surface area contributed by atoms with Crippen LogP contribution in [-0.2, 0) is 30.8 Å². The molecule has 2 aliphatic rings. The summed E-state index contributed by atoms with van der Waals surface area (Å²) in [5.41, 5.74) is 7.69. The fourth-order valence-electron chi connectivity index (χ4n) is 6.14. The highest BCUT2D eigenvalue weighted by atomic mass is 16.5. The van der Waals surface area contributed by atoms with E-state index in [1.165, 1.54) is 6.07 Å². The number of esters is 1. The summed E-state index contributed by atoms with van der Waals surface area (Å²) in [6.07, 6.45) is 0.745. The highest BCUT2D eigenvalue weighted by Crippen LogP contribution is 2.46. The van der Waals surface area contributed by atoms with Crippen molar-refractivity contribution in [3.8, 4) is 39.6 Å². The molecule has 0 saturated carbocycles. The number of fused-ring (bicyclic) bond motifs is 4. The third-order valence-electron chi connectivity index (χ3n) is 8.12. The number of methoxy groups -OCH3 is 2. The van der Waals surface area contributed by atoms with Crippen molar-refractivity contribution < 1.29 is 28.9 Å². The zero-order valence-electron chi connectivity index (χ0n) is 23.6. The average Bonchev–Trinajstić information content (AvgIpc) is 3.55. The van der Waals surface area contributed by atoms with Gasteiger partial charge in [0.2, 0.25) is 0 Å². The van der Waals surface area contributed by atoms with Gasteiger partial charge in [-0.2, -0.15) is 0 Å². The number of carbonyl (C=O) groups excluding carboxylic acids is 2. The van der Waals surface area contributed by atoms with Gasteiger partial charge in [0.05, 0.1) is 37.6 Å². The number of aromatic hydroxyl groups is 1. The van der Waals surface area contributed by atoms with E-state index in [1.54, 1.807) is 38.2 Å². The quantitative estimate of drug-likeness (QED) is 0.307. The van der Waals surface area contributed by atoms with E-state index < -0.39 is 5.97 Å². The van der Waals surface area contributed by atoms with Gasteiger partial charge < -0.3 is 28.8 Å². The standard InChI is InChI=1S/C33H32N2O6/c1-5-41-33(38)30-29(19(2)35-13-12-20-15-27(39-3)28(40-4)16-24(20)31(30)35)21-10-11-26(36)25(14-21)32(37)34-17-22-8-6-7-9-23(22)18-34/h6-11,14-16,36H,5,12-13,17-18H2,1-4H3. The lowest BCUT2D eigenvalue weighted by Gasteiger charge is -2.23. The fraction of sp³-hybridized carbons (Fsp3) is 0.273. The number of hydrogen-bond donors (Lipinski definition) is 1. The average molecular weight is 553 g/mol. The highest BCUT2D eigenvalue weighted by molar-refractivity contribution is 6.06. The van der Waals surface area contributed by atoms with Crippen molar-refractivity contribution in [3.05, 3.63) is 88.1 Å². The van der Waals surface area contributed by atoms with Gasteiger partial charge in [-0.3, -0.25) is 4.79 Å². The third-order valence-corrected chi connectivity index (χ3v) is 8.12. The first-order chi connectivity index (χ1) is 19.9. The van der Waals surface area contributed by atoms with E-state index >= 15 is 0 Å². The number of hydrogen-bond acceptors (Lipinski definition) is 6. The van der Waals surface area contributed by atoms with Gasteiger partial charge in [0.25, 0.3) is 5.91 Å². The summed E-state index contributed by atoms with van der Waals surface area (Å²) < 4.78 is 18.8. The Morgan fingerprint density at radius 1 is 0.927 bits per heavy atom. The predicted molar refractivity (Wildman–Crippen MR) is 154 cm³/mol. The summed E-state index contributed by atoms with van der Waals surface area (Å²) in [6, 6.07) is 16.8. The highest BCUT2D eigenvalue weighted by Gasteiger charge is 2.33. The van der Waals surface area contributed by atoms with E-state index in [9.17, 15) is 14.7 Å². The molecule has 8 heteroatoms. The lowest BCUT2D eigenvalue weighted by atomic mass is 9.92. The molecule has 0 atom stereocenters. The van der Waals surface area contributed by atoms with E-state index in [2.05, 4.69) is 4.57 Å². The number of phenolic OH excluding ortho intramolecular Hbond substituents is 1. The molecule has 0 bridgehead atoms. The predicted octanol–water partition coefficient (Wildman–Crippen LogP) is 5.74. The maximum atomic E-state index is 13.7. The molecule has 3 aromatic carbocycles. The molecular weight excluding hydrogens is 520 g/mol. The molecule has 1 aromatic heterocycles. The molecule has 41 heavy (non-hydrogen) atoms. The van der Waals surface area contributed by atoms with Gasteiger partial charge in [0.1, 0.15) is 5.75 Å². The van der Waals surface area contributed by atoms with Crippen molar-refractivity contribution in [1.82, 2.24) is 9.47 Å². The van der Waals surface area contributed by atoms with Crippen LogP contribution >= 0.6 is 0 Å². The Balaban J connectivity index is 1.50. The Hall–Kier alpha value is -4.72. The number of rotatable bonds is 6. The first kappa shape index (κ1) is 26.5. The van der Waals surface area contributed by atoms with Crippen LogP contribution in [0.2, 0.25) is 0 Å². The van der Waals surface area contributed by atoms with Crippen molar-refractivity contribution >= 4 is 11.9 Å². The van der Waals surface area contributed by atoms with Crippen LogP contribution in [0.5, 0.6) is 17.2 Å². The molecular formula is C33H32N2O6. The summed E-state index contributed by atoms with van der Waals surface area (Å²) in [4.78, 5) is 29.0. The van der Waals surface area contributed by atoms with Gasteiger partial charge in [-0.05, 0) is 66.8 Å². The zero-order valence-corrected chi connectivity index (χ0v) is 23.6. The maximum Gasteiger partial charge on any atom is 0.340 e. The van der Waals surface area contributed by atoms with Crippen LogP contribution in [0, 0.1) is 6.92 Å². The van der Waals surface area contributed by atoms with Crippen LogP contribution in [0.1, 0.15) is 50.0 Å². The van der Waals surface area contributed by atoms with Gasteiger partial charge in [0.15, 0.2) is 11.5 Å². The molecule has 1 amide bonds. The van der Waals surface area contributed by atoms with E-state index in [0.717, 1.165) is 40.1 Å². The molecule has 8 nitrogen and oxygen atoms in total. The number of aryl methyl sites for hydroxylation is 1. The van der Waals surface area contributed by atoms with Crippen LogP contribution in [0.25, 0.3) is 22.4 Å². The van der Waals surface area contributed by atoms with Crippen molar-refractivity contribution in [1.29, 1.82) is 0 Å². The number of ether oxygens (including phenoxy) is 3. The van der Waals surface area contributed by atoms with Crippen molar-refractivity contribution in [2.75, 3.05) is 20.8 Å². The smallest absolute Gasteiger partial charge is 0.340 e. The first-order valence-corrected chi connectivity index (χ1v) is 13.7. The zero-order chi connectivity index (χ0) is 28.8. The largest absolute Gasteiger partial charge is 0.507 e. The molecule has 0 aliphatic carbocycles. The first-order valence-electron chi connectivity index (χ1n) is 13.7. The van der Waals surface area contributed by atoms with Crippen LogP contribution in [-0.4, -0.2) is 47.3 Å². The molecule has 1 N–H and O–H groups in total. The number of carbonyl (C=O) groups is 2. The maximum absolute atomic E-state index is 13.7. The molecule has 0 radical (unpaired) electrons. The molecule has 3 heterocycles. The van der Waals surface area contributed by atoms with Crippen molar-refractivity contribution in [2.24, 2.45) is 0 Å². The molecule has 0 unspecified atom stereocenters. The van der Waals surface area contributed by atoms with Crippen LogP contribution < -0.4 is 9.47 Å². The normalized spacial score (nSPS) is 13.3. The van der Waals surface area contributed by atoms with Crippen LogP contribution in [0.4, 0.5) is 0 Å². The minimum atomic E-state index is -0.446. The summed E-state index contributed by atoms with van der Waals surface area (Å²) >= 11 is 0. The third kappa shape index (κ3) is 4.30. The van der Waals surface area contributed by atoms with Gasteiger partial charge >= 0.3 is 5.97 Å². The topological polar surface area (TPSA) is 90.2 Å².